The van der Waals surface area contributed by atoms with Gasteiger partial charge in [-0.15, -0.1) is 0 Å². The summed E-state index contributed by atoms with van der Waals surface area (Å²) in [4.78, 5) is 0. The Hall–Kier alpha value is -1.39. The number of methoxy groups -OCH3 is 1. The van der Waals surface area contributed by atoms with Crippen LogP contribution in [0.25, 0.3) is 0 Å². The highest BCUT2D eigenvalue weighted by molar-refractivity contribution is 9.10. The van der Waals surface area contributed by atoms with Crippen LogP contribution in [-0.2, 0) is 0 Å². The molecule has 0 aromatic heterocycles. The SMILES string of the molecule is COc1cc(F)c(Br)cc1C(O)c1ccccc1. The van der Waals surface area contributed by atoms with Crippen molar-refractivity contribution in [2.45, 2.75) is 6.10 Å². The molecule has 0 fully saturated rings. The van der Waals surface area contributed by atoms with Crippen LogP contribution in [-0.4, -0.2) is 12.2 Å². The minimum Gasteiger partial charge on any atom is -0.496 e. The number of ether oxygens (including phenoxy) is 1. The van der Waals surface area contributed by atoms with E-state index in [2.05, 4.69) is 15.9 Å². The van der Waals surface area contributed by atoms with Crippen LogP contribution >= 0.6 is 15.9 Å². The van der Waals surface area contributed by atoms with Crippen LogP contribution in [0.15, 0.2) is 46.9 Å². The van der Waals surface area contributed by atoms with Gasteiger partial charge in [-0.3, -0.25) is 0 Å². The lowest BCUT2D eigenvalue weighted by molar-refractivity contribution is 0.214. The number of halogens is 2. The first-order valence-electron chi connectivity index (χ1n) is 5.39. The molecule has 1 N–H and O–H groups in total. The lowest BCUT2D eigenvalue weighted by Gasteiger charge is -2.16. The second kappa shape index (κ2) is 5.50. The largest absolute Gasteiger partial charge is 0.496 e. The van der Waals surface area contributed by atoms with Crippen molar-refractivity contribution < 1.29 is 14.2 Å². The first-order valence-corrected chi connectivity index (χ1v) is 6.18. The van der Waals surface area contributed by atoms with Crippen LogP contribution in [0.3, 0.4) is 0 Å². The Balaban J connectivity index is 2.47. The molecule has 2 aromatic rings. The molecule has 0 saturated carbocycles. The molecule has 1 atom stereocenters. The smallest absolute Gasteiger partial charge is 0.141 e. The highest BCUT2D eigenvalue weighted by Gasteiger charge is 2.17. The molecule has 2 aromatic carbocycles. The topological polar surface area (TPSA) is 29.5 Å². The summed E-state index contributed by atoms with van der Waals surface area (Å²) in [6.07, 6.45) is -0.849. The van der Waals surface area contributed by atoms with E-state index in [1.165, 1.54) is 19.2 Å². The quantitative estimate of drug-likeness (QED) is 0.937. The highest BCUT2D eigenvalue weighted by atomic mass is 79.9. The molecule has 0 aliphatic heterocycles. The van der Waals surface area contributed by atoms with E-state index in [1.807, 2.05) is 18.2 Å². The first kappa shape index (κ1) is 13.1. The van der Waals surface area contributed by atoms with Crippen molar-refractivity contribution >= 4 is 15.9 Å². The predicted octanol–water partition coefficient (Wildman–Crippen LogP) is 3.68. The number of hydrogen-bond donors (Lipinski definition) is 1. The lowest BCUT2D eigenvalue weighted by Crippen LogP contribution is -2.03. The summed E-state index contributed by atoms with van der Waals surface area (Å²) in [5, 5.41) is 10.3. The van der Waals surface area contributed by atoms with Crippen LogP contribution < -0.4 is 4.74 Å². The van der Waals surface area contributed by atoms with E-state index < -0.39 is 11.9 Å². The number of aliphatic hydroxyl groups is 1. The summed E-state index contributed by atoms with van der Waals surface area (Å²) < 4.78 is 18.8. The maximum absolute atomic E-state index is 13.4. The monoisotopic (exact) mass is 310 g/mol. The van der Waals surface area contributed by atoms with E-state index in [9.17, 15) is 9.50 Å². The van der Waals surface area contributed by atoms with Gasteiger partial charge in [-0.05, 0) is 27.6 Å². The summed E-state index contributed by atoms with van der Waals surface area (Å²) in [5.74, 6) is -0.0945. The van der Waals surface area contributed by atoms with Gasteiger partial charge in [0.25, 0.3) is 0 Å². The molecule has 0 aliphatic carbocycles. The van der Waals surface area contributed by atoms with Crippen molar-refractivity contribution in [2.75, 3.05) is 7.11 Å². The molecule has 94 valence electrons. The van der Waals surface area contributed by atoms with Crippen molar-refractivity contribution in [3.05, 3.63) is 63.9 Å². The number of rotatable bonds is 3. The van der Waals surface area contributed by atoms with Gasteiger partial charge in [-0.2, -0.15) is 0 Å². The fourth-order valence-corrected chi connectivity index (χ4v) is 2.11. The lowest BCUT2D eigenvalue weighted by atomic mass is 10.0. The zero-order valence-corrected chi connectivity index (χ0v) is 11.3. The fraction of sp³-hybridized carbons (Fsp3) is 0.143. The molecule has 0 heterocycles. The van der Waals surface area contributed by atoms with E-state index in [1.54, 1.807) is 12.1 Å². The van der Waals surface area contributed by atoms with E-state index >= 15 is 0 Å². The molecule has 2 nitrogen and oxygen atoms in total. The van der Waals surface area contributed by atoms with Gasteiger partial charge in [0.05, 0.1) is 11.6 Å². The number of aliphatic hydroxyl groups excluding tert-OH is 1. The van der Waals surface area contributed by atoms with Crippen LogP contribution in [0.4, 0.5) is 4.39 Å². The highest BCUT2D eigenvalue weighted by Crippen LogP contribution is 2.33. The Labute approximate surface area is 113 Å². The first-order chi connectivity index (χ1) is 8.63. The van der Waals surface area contributed by atoms with Crippen LogP contribution in [0.2, 0.25) is 0 Å². The van der Waals surface area contributed by atoms with Gasteiger partial charge in [-0.1, -0.05) is 30.3 Å². The molecule has 0 bridgehead atoms. The van der Waals surface area contributed by atoms with Crippen molar-refractivity contribution in [3.63, 3.8) is 0 Å². The summed E-state index contributed by atoms with van der Waals surface area (Å²) in [6, 6.07) is 11.9. The Morgan fingerprint density at radius 1 is 1.22 bits per heavy atom. The molecule has 2 rings (SSSR count). The molecule has 0 spiro atoms. The Morgan fingerprint density at radius 2 is 1.89 bits per heavy atom. The van der Waals surface area contributed by atoms with Crippen LogP contribution in [0, 0.1) is 5.82 Å². The third-order valence-electron chi connectivity index (χ3n) is 2.68. The fourth-order valence-electron chi connectivity index (χ4n) is 1.75. The third kappa shape index (κ3) is 2.54. The second-order valence-electron chi connectivity index (χ2n) is 3.82. The Kier molecular flexibility index (Phi) is 3.99. The molecule has 18 heavy (non-hydrogen) atoms. The van der Waals surface area contributed by atoms with Gasteiger partial charge >= 0.3 is 0 Å². The molecular weight excluding hydrogens is 299 g/mol. The maximum atomic E-state index is 13.4. The Morgan fingerprint density at radius 3 is 2.50 bits per heavy atom. The number of benzene rings is 2. The molecule has 0 aliphatic rings. The van der Waals surface area contributed by atoms with Gasteiger partial charge in [0, 0.05) is 11.6 Å². The molecular formula is C14H12BrFO2. The maximum Gasteiger partial charge on any atom is 0.141 e. The standard InChI is InChI=1S/C14H12BrFO2/c1-18-13-8-12(16)11(15)7-10(13)14(17)9-5-3-2-4-6-9/h2-8,14,17H,1H3. The van der Waals surface area contributed by atoms with Gasteiger partial charge in [-0.25, -0.2) is 4.39 Å². The van der Waals surface area contributed by atoms with Gasteiger partial charge in [0.1, 0.15) is 17.7 Å². The molecule has 0 saturated heterocycles. The Bertz CT molecular complexity index is 543. The summed E-state index contributed by atoms with van der Waals surface area (Å²) in [5.41, 5.74) is 1.26. The van der Waals surface area contributed by atoms with E-state index in [0.717, 1.165) is 5.56 Å². The predicted molar refractivity (Wildman–Crippen MR) is 71.2 cm³/mol. The average molecular weight is 311 g/mol. The van der Waals surface area contributed by atoms with E-state index in [4.69, 9.17) is 4.74 Å². The van der Waals surface area contributed by atoms with Gasteiger partial charge in [0.2, 0.25) is 0 Å². The van der Waals surface area contributed by atoms with E-state index in [0.29, 0.717) is 15.8 Å². The summed E-state index contributed by atoms with van der Waals surface area (Å²) in [7, 11) is 1.45. The normalized spacial score (nSPS) is 12.2. The molecule has 1 unspecified atom stereocenters. The minimum atomic E-state index is -0.849. The van der Waals surface area contributed by atoms with Crippen molar-refractivity contribution in [3.8, 4) is 5.75 Å². The van der Waals surface area contributed by atoms with Crippen molar-refractivity contribution in [2.24, 2.45) is 0 Å². The number of hydrogen-bond acceptors (Lipinski definition) is 2. The summed E-state index contributed by atoms with van der Waals surface area (Å²) in [6.45, 7) is 0. The average Bonchev–Trinajstić information content (AvgIpc) is 2.41. The van der Waals surface area contributed by atoms with Crippen molar-refractivity contribution in [1.29, 1.82) is 0 Å². The van der Waals surface area contributed by atoms with Crippen molar-refractivity contribution in [1.82, 2.24) is 0 Å². The van der Waals surface area contributed by atoms with Crippen LogP contribution in [0.1, 0.15) is 17.2 Å². The second-order valence-corrected chi connectivity index (χ2v) is 4.68. The zero-order chi connectivity index (χ0) is 13.1. The molecule has 0 radical (unpaired) electrons. The zero-order valence-electron chi connectivity index (χ0n) is 9.73. The summed E-state index contributed by atoms with van der Waals surface area (Å²) >= 11 is 3.11. The van der Waals surface area contributed by atoms with Crippen LogP contribution in [0.5, 0.6) is 5.75 Å². The minimum absolute atomic E-state index is 0.299. The third-order valence-corrected chi connectivity index (χ3v) is 3.29. The van der Waals surface area contributed by atoms with Gasteiger partial charge < -0.3 is 9.84 Å². The molecule has 0 amide bonds. The van der Waals surface area contributed by atoms with E-state index in [-0.39, 0.29) is 0 Å². The molecule has 4 heteroatoms. The van der Waals surface area contributed by atoms with Gasteiger partial charge in [0.15, 0.2) is 0 Å².